The van der Waals surface area contributed by atoms with Crippen LogP contribution in [0.5, 0.6) is 0 Å². The number of esters is 1. The summed E-state index contributed by atoms with van der Waals surface area (Å²) >= 11 is 6.06. The van der Waals surface area contributed by atoms with Gasteiger partial charge in [0.2, 0.25) is 0 Å². The summed E-state index contributed by atoms with van der Waals surface area (Å²) in [5.74, 6) is 0.894. The van der Waals surface area contributed by atoms with Gasteiger partial charge in [-0.2, -0.15) is 0 Å². The van der Waals surface area contributed by atoms with Crippen LogP contribution in [0.3, 0.4) is 0 Å². The Labute approximate surface area is 125 Å². The zero-order valence-electron chi connectivity index (χ0n) is 12.0. The number of benzene rings is 1. The molecule has 1 fully saturated rings. The lowest BCUT2D eigenvalue weighted by atomic mass is 9.80. The molecule has 0 aromatic heterocycles. The molecule has 2 rings (SSSR count). The third kappa shape index (κ3) is 3.53. The summed E-state index contributed by atoms with van der Waals surface area (Å²) in [6, 6.07) is 6.32. The summed E-state index contributed by atoms with van der Waals surface area (Å²) in [5, 5.41) is 0.502. The van der Waals surface area contributed by atoms with E-state index in [2.05, 4.69) is 13.8 Å². The zero-order chi connectivity index (χ0) is 14.7. The van der Waals surface area contributed by atoms with Crippen molar-refractivity contribution in [3.8, 4) is 0 Å². The molecule has 0 bridgehead atoms. The van der Waals surface area contributed by atoms with Crippen LogP contribution in [-0.4, -0.2) is 12.1 Å². The third-order valence-corrected chi connectivity index (χ3v) is 4.67. The van der Waals surface area contributed by atoms with E-state index in [1.165, 1.54) is 0 Å². The number of hydrogen-bond acceptors (Lipinski definition) is 3. The monoisotopic (exact) mass is 295 g/mol. The van der Waals surface area contributed by atoms with Gasteiger partial charge in [-0.05, 0) is 42.7 Å². The van der Waals surface area contributed by atoms with E-state index < -0.39 is 6.04 Å². The van der Waals surface area contributed by atoms with E-state index in [4.69, 9.17) is 22.1 Å². The minimum absolute atomic E-state index is 0.0118. The fraction of sp³-hybridized carbons (Fsp3) is 0.562. The van der Waals surface area contributed by atoms with Crippen molar-refractivity contribution in [2.24, 2.45) is 17.6 Å². The molecule has 0 heterocycles. The van der Waals surface area contributed by atoms with E-state index in [0.29, 0.717) is 22.4 Å². The molecule has 110 valence electrons. The van der Waals surface area contributed by atoms with Crippen LogP contribution in [-0.2, 0) is 9.53 Å². The Hall–Kier alpha value is -1.06. The van der Waals surface area contributed by atoms with E-state index in [0.717, 1.165) is 19.3 Å². The van der Waals surface area contributed by atoms with Crippen molar-refractivity contribution >= 4 is 17.6 Å². The summed E-state index contributed by atoms with van der Waals surface area (Å²) in [6.45, 7) is 4.46. The smallest absolute Gasteiger partial charge is 0.327 e. The van der Waals surface area contributed by atoms with Crippen molar-refractivity contribution in [2.45, 2.75) is 45.3 Å². The average Bonchev–Trinajstić information content (AvgIpc) is 2.42. The Morgan fingerprint density at radius 2 is 2.00 bits per heavy atom. The van der Waals surface area contributed by atoms with Crippen LogP contribution in [0.25, 0.3) is 0 Å². The highest BCUT2D eigenvalue weighted by Gasteiger charge is 2.29. The fourth-order valence-electron chi connectivity index (χ4n) is 2.70. The Bertz CT molecular complexity index is 477. The van der Waals surface area contributed by atoms with Gasteiger partial charge in [-0.1, -0.05) is 43.6 Å². The van der Waals surface area contributed by atoms with E-state index in [1.807, 2.05) is 12.1 Å². The number of carbonyl (C=O) groups excluding carboxylic acids is 1. The molecular weight excluding hydrogens is 274 g/mol. The normalized spacial score (nSPS) is 27.9. The molecule has 3 unspecified atom stereocenters. The second-order valence-electron chi connectivity index (χ2n) is 5.83. The van der Waals surface area contributed by atoms with Crippen molar-refractivity contribution in [3.63, 3.8) is 0 Å². The maximum Gasteiger partial charge on any atom is 0.327 e. The molecular formula is C16H22ClNO2. The second kappa shape index (κ2) is 6.59. The lowest BCUT2D eigenvalue weighted by Crippen LogP contribution is -2.32. The van der Waals surface area contributed by atoms with E-state index in [1.54, 1.807) is 12.1 Å². The SMILES string of the molecule is CC1CCC(OC(=O)[C@H](N)c2ccccc2Cl)CC1C. The van der Waals surface area contributed by atoms with Crippen LogP contribution in [0.4, 0.5) is 0 Å². The molecule has 3 nitrogen and oxygen atoms in total. The first kappa shape index (κ1) is 15.3. The molecule has 1 aromatic rings. The first-order chi connectivity index (χ1) is 9.49. The topological polar surface area (TPSA) is 52.3 Å². The van der Waals surface area contributed by atoms with Gasteiger partial charge in [0.05, 0.1) is 0 Å². The minimum atomic E-state index is -0.807. The Morgan fingerprint density at radius 1 is 1.30 bits per heavy atom. The molecule has 20 heavy (non-hydrogen) atoms. The summed E-state index contributed by atoms with van der Waals surface area (Å²) in [4.78, 5) is 12.1. The molecule has 0 aliphatic heterocycles. The zero-order valence-corrected chi connectivity index (χ0v) is 12.8. The van der Waals surface area contributed by atoms with Crippen LogP contribution in [0.2, 0.25) is 5.02 Å². The van der Waals surface area contributed by atoms with Crippen LogP contribution in [0, 0.1) is 11.8 Å². The van der Waals surface area contributed by atoms with E-state index >= 15 is 0 Å². The highest BCUT2D eigenvalue weighted by molar-refractivity contribution is 6.31. The summed E-state index contributed by atoms with van der Waals surface area (Å²) in [6.07, 6.45) is 2.93. The molecule has 4 heteroatoms. The van der Waals surface area contributed by atoms with Gasteiger partial charge in [-0.3, -0.25) is 0 Å². The predicted molar refractivity (Wildman–Crippen MR) is 80.4 cm³/mol. The quantitative estimate of drug-likeness (QED) is 0.865. The van der Waals surface area contributed by atoms with Crippen molar-refractivity contribution in [1.82, 2.24) is 0 Å². The number of carbonyl (C=O) groups is 1. The van der Waals surface area contributed by atoms with Crippen molar-refractivity contribution in [1.29, 1.82) is 0 Å². The van der Waals surface area contributed by atoms with E-state index in [-0.39, 0.29) is 12.1 Å². The molecule has 0 radical (unpaired) electrons. The van der Waals surface area contributed by atoms with Crippen LogP contribution in [0.15, 0.2) is 24.3 Å². The fourth-order valence-corrected chi connectivity index (χ4v) is 2.95. The van der Waals surface area contributed by atoms with Crippen LogP contribution in [0.1, 0.15) is 44.7 Å². The van der Waals surface area contributed by atoms with Gasteiger partial charge in [-0.15, -0.1) is 0 Å². The number of hydrogen-bond donors (Lipinski definition) is 1. The average molecular weight is 296 g/mol. The van der Waals surface area contributed by atoms with Gasteiger partial charge in [0.15, 0.2) is 0 Å². The van der Waals surface area contributed by atoms with Gasteiger partial charge < -0.3 is 10.5 Å². The number of halogens is 1. The molecule has 1 saturated carbocycles. The van der Waals surface area contributed by atoms with Gasteiger partial charge in [0.1, 0.15) is 12.1 Å². The van der Waals surface area contributed by atoms with Crippen molar-refractivity contribution < 1.29 is 9.53 Å². The molecule has 1 aliphatic carbocycles. The highest BCUT2D eigenvalue weighted by atomic mass is 35.5. The lowest BCUT2D eigenvalue weighted by Gasteiger charge is -2.32. The molecule has 0 saturated heterocycles. The lowest BCUT2D eigenvalue weighted by molar-refractivity contribution is -0.153. The molecule has 0 amide bonds. The van der Waals surface area contributed by atoms with Gasteiger partial charge in [0.25, 0.3) is 0 Å². The maximum absolute atomic E-state index is 12.1. The van der Waals surface area contributed by atoms with Crippen LogP contribution >= 0.6 is 11.6 Å². The highest BCUT2D eigenvalue weighted by Crippen LogP contribution is 2.32. The molecule has 1 aliphatic rings. The van der Waals surface area contributed by atoms with Gasteiger partial charge >= 0.3 is 5.97 Å². The standard InChI is InChI=1S/C16H22ClNO2/c1-10-7-8-12(9-11(10)2)20-16(19)15(18)13-5-3-4-6-14(13)17/h3-6,10-12,15H,7-9,18H2,1-2H3/t10?,11?,12?,15-/m1/s1. The summed E-state index contributed by atoms with van der Waals surface area (Å²) in [5.41, 5.74) is 6.58. The number of rotatable bonds is 3. The second-order valence-corrected chi connectivity index (χ2v) is 6.23. The predicted octanol–water partition coefficient (Wildman–Crippen LogP) is 3.71. The first-order valence-electron chi connectivity index (χ1n) is 7.19. The van der Waals surface area contributed by atoms with Crippen molar-refractivity contribution in [2.75, 3.05) is 0 Å². The molecule has 0 spiro atoms. The first-order valence-corrected chi connectivity index (χ1v) is 7.57. The van der Waals surface area contributed by atoms with E-state index in [9.17, 15) is 4.79 Å². The Balaban J connectivity index is 1.97. The largest absolute Gasteiger partial charge is 0.461 e. The number of ether oxygens (including phenoxy) is 1. The van der Waals surface area contributed by atoms with Gasteiger partial charge in [-0.25, -0.2) is 4.79 Å². The minimum Gasteiger partial charge on any atom is -0.461 e. The van der Waals surface area contributed by atoms with Gasteiger partial charge in [0, 0.05) is 5.02 Å². The summed E-state index contributed by atoms with van der Waals surface area (Å²) < 4.78 is 5.56. The molecule has 1 aromatic carbocycles. The summed E-state index contributed by atoms with van der Waals surface area (Å²) in [7, 11) is 0. The van der Waals surface area contributed by atoms with Crippen LogP contribution < -0.4 is 5.73 Å². The molecule has 2 N–H and O–H groups in total. The number of nitrogens with two attached hydrogens (primary N) is 1. The third-order valence-electron chi connectivity index (χ3n) is 4.33. The maximum atomic E-state index is 12.1. The molecule has 4 atom stereocenters. The van der Waals surface area contributed by atoms with Crippen molar-refractivity contribution in [3.05, 3.63) is 34.9 Å². The Kier molecular flexibility index (Phi) is 5.06. The Morgan fingerprint density at radius 3 is 2.65 bits per heavy atom.